The molecule has 1 heterocycles. The molecule has 0 fully saturated rings. The molecule has 31 heavy (non-hydrogen) atoms. The molecule has 7 nitrogen and oxygen atoms in total. The highest BCUT2D eigenvalue weighted by Gasteiger charge is 2.13. The van der Waals surface area contributed by atoms with Gasteiger partial charge in [0.2, 0.25) is 11.7 Å². The standard InChI is InChI=1S/C22H25BrN3O4P/c23-20-15-18(16-24-13-6-14-29-31(27)28)11-12-19(20)22-25-21(30-26-22)10-5-4-9-17-7-2-1-3-8-17/h1-3,7-8,11-12,15,24H,4-6,9-10,13-14,16H2/p+1. The maximum atomic E-state index is 10.4. The average Bonchev–Trinajstić information content (AvgIpc) is 3.23. The lowest BCUT2D eigenvalue weighted by Gasteiger charge is -2.06. The minimum atomic E-state index is -2.51. The largest absolute Gasteiger partial charge is 0.694 e. The number of rotatable bonds is 13. The summed E-state index contributed by atoms with van der Waals surface area (Å²) >= 11 is 3.60. The number of unbranched alkanes of at least 4 members (excludes halogenated alkanes) is 1. The van der Waals surface area contributed by atoms with E-state index in [1.54, 1.807) is 0 Å². The smallest absolute Gasteiger partial charge is 0.339 e. The molecule has 0 amide bonds. The van der Waals surface area contributed by atoms with Gasteiger partial charge in [0.15, 0.2) is 0 Å². The number of benzene rings is 2. The first-order valence-electron chi connectivity index (χ1n) is 10.3. The molecule has 0 aliphatic heterocycles. The molecule has 0 spiro atoms. The maximum absolute atomic E-state index is 10.4. The van der Waals surface area contributed by atoms with Crippen molar-refractivity contribution < 1.29 is 18.5 Å². The van der Waals surface area contributed by atoms with Crippen molar-refractivity contribution in [2.45, 2.75) is 38.6 Å². The van der Waals surface area contributed by atoms with Crippen LogP contribution < -0.4 is 5.32 Å². The zero-order valence-electron chi connectivity index (χ0n) is 17.2. The second-order valence-electron chi connectivity index (χ2n) is 7.12. The Kier molecular flexibility index (Phi) is 9.78. The summed E-state index contributed by atoms with van der Waals surface area (Å²) in [6.07, 6.45) is 4.57. The van der Waals surface area contributed by atoms with Gasteiger partial charge in [-0.25, -0.2) is 0 Å². The number of aromatic nitrogens is 2. The predicted molar refractivity (Wildman–Crippen MR) is 123 cm³/mol. The normalized spacial score (nSPS) is 11.6. The zero-order valence-corrected chi connectivity index (χ0v) is 19.6. The summed E-state index contributed by atoms with van der Waals surface area (Å²) in [6, 6.07) is 16.5. The Balaban J connectivity index is 1.43. The van der Waals surface area contributed by atoms with Crippen molar-refractivity contribution in [2.24, 2.45) is 0 Å². The first-order chi connectivity index (χ1) is 15.1. The highest BCUT2D eigenvalue weighted by Crippen LogP contribution is 2.27. The molecule has 1 atom stereocenters. The molecule has 1 aromatic heterocycles. The Morgan fingerprint density at radius 3 is 2.65 bits per heavy atom. The Hall–Kier alpha value is -1.96. The van der Waals surface area contributed by atoms with Crippen LogP contribution in [0.1, 0.15) is 36.3 Å². The van der Waals surface area contributed by atoms with Gasteiger partial charge in [-0.3, -0.25) is 0 Å². The number of hydrogen-bond donors (Lipinski definition) is 2. The Morgan fingerprint density at radius 1 is 1.06 bits per heavy atom. The predicted octanol–water partition coefficient (Wildman–Crippen LogP) is 5.21. The van der Waals surface area contributed by atoms with Gasteiger partial charge in [-0.05, 0) is 55.5 Å². The summed E-state index contributed by atoms with van der Waals surface area (Å²) < 4.78 is 21.4. The SMILES string of the molecule is O=[P+](O)OCCCNCc1ccc(-c2noc(CCCCc3ccccc3)n2)c(Br)c1. The molecule has 2 N–H and O–H groups in total. The molecule has 0 bridgehead atoms. The van der Waals surface area contributed by atoms with E-state index in [1.807, 2.05) is 24.3 Å². The van der Waals surface area contributed by atoms with Crippen LogP contribution in [-0.4, -0.2) is 28.2 Å². The Bertz CT molecular complexity index is 968. The van der Waals surface area contributed by atoms with Gasteiger partial charge in [-0.2, -0.15) is 4.98 Å². The van der Waals surface area contributed by atoms with Crippen LogP contribution in [0.2, 0.25) is 0 Å². The number of nitrogens with zero attached hydrogens (tertiary/aromatic N) is 2. The van der Waals surface area contributed by atoms with Crippen molar-refractivity contribution in [3.05, 3.63) is 70.0 Å². The van der Waals surface area contributed by atoms with Crippen molar-refractivity contribution >= 4 is 24.2 Å². The fraction of sp³-hybridized carbons (Fsp3) is 0.364. The summed E-state index contributed by atoms with van der Waals surface area (Å²) in [4.78, 5) is 13.1. The van der Waals surface area contributed by atoms with Crippen molar-refractivity contribution in [3.8, 4) is 11.4 Å². The summed E-state index contributed by atoms with van der Waals surface area (Å²) in [5, 5.41) is 7.41. The van der Waals surface area contributed by atoms with E-state index in [1.165, 1.54) is 5.56 Å². The third-order valence-corrected chi connectivity index (χ3v) is 5.78. The van der Waals surface area contributed by atoms with E-state index in [4.69, 9.17) is 9.42 Å². The first-order valence-corrected chi connectivity index (χ1v) is 12.2. The van der Waals surface area contributed by atoms with Gasteiger partial charge in [0.1, 0.15) is 6.61 Å². The molecule has 3 rings (SSSR count). The quantitative estimate of drug-likeness (QED) is 0.242. The first kappa shape index (κ1) is 23.7. The van der Waals surface area contributed by atoms with Crippen LogP contribution >= 0.6 is 24.2 Å². The molecule has 9 heteroatoms. The van der Waals surface area contributed by atoms with E-state index >= 15 is 0 Å². The monoisotopic (exact) mass is 506 g/mol. The summed E-state index contributed by atoms with van der Waals surface area (Å²) in [5.41, 5.74) is 3.35. The summed E-state index contributed by atoms with van der Waals surface area (Å²) in [5.74, 6) is 1.24. The van der Waals surface area contributed by atoms with Gasteiger partial charge >= 0.3 is 8.25 Å². The molecular formula is C22H26BrN3O4P+. The number of aryl methyl sites for hydroxylation is 2. The van der Waals surface area contributed by atoms with Crippen molar-refractivity contribution in [2.75, 3.05) is 13.2 Å². The highest BCUT2D eigenvalue weighted by molar-refractivity contribution is 9.10. The number of hydrogen-bond acceptors (Lipinski definition) is 6. The molecule has 164 valence electrons. The summed E-state index contributed by atoms with van der Waals surface area (Å²) in [6.45, 7) is 1.64. The van der Waals surface area contributed by atoms with E-state index in [9.17, 15) is 4.57 Å². The zero-order chi connectivity index (χ0) is 21.9. The fourth-order valence-electron chi connectivity index (χ4n) is 3.14. The number of nitrogens with one attached hydrogen (secondary N) is 1. The topological polar surface area (TPSA) is 97.5 Å². The van der Waals surface area contributed by atoms with Crippen LogP contribution in [-0.2, 0) is 28.5 Å². The maximum Gasteiger partial charge on any atom is 0.694 e. The third kappa shape index (κ3) is 8.24. The minimum absolute atomic E-state index is 0.258. The lowest BCUT2D eigenvalue weighted by atomic mass is 10.1. The van der Waals surface area contributed by atoms with Crippen LogP contribution in [0.15, 0.2) is 57.5 Å². The van der Waals surface area contributed by atoms with E-state index in [0.29, 0.717) is 31.2 Å². The van der Waals surface area contributed by atoms with Gasteiger partial charge in [0, 0.05) is 27.6 Å². The van der Waals surface area contributed by atoms with Crippen LogP contribution in [0, 0.1) is 0 Å². The Labute approximate surface area is 191 Å². The second kappa shape index (κ2) is 12.8. The van der Waals surface area contributed by atoms with Crippen molar-refractivity contribution in [1.82, 2.24) is 15.5 Å². The van der Waals surface area contributed by atoms with Crippen molar-refractivity contribution in [3.63, 3.8) is 0 Å². The molecule has 2 aromatic carbocycles. The summed E-state index contributed by atoms with van der Waals surface area (Å²) in [7, 11) is -2.51. The Morgan fingerprint density at radius 2 is 1.87 bits per heavy atom. The molecular weight excluding hydrogens is 481 g/mol. The van der Waals surface area contributed by atoms with Crippen molar-refractivity contribution in [1.29, 1.82) is 0 Å². The molecule has 1 unspecified atom stereocenters. The molecule has 0 radical (unpaired) electrons. The minimum Gasteiger partial charge on any atom is -0.339 e. The second-order valence-corrected chi connectivity index (χ2v) is 8.71. The molecule has 0 saturated heterocycles. The van der Waals surface area contributed by atoms with Gasteiger partial charge in [-0.1, -0.05) is 57.5 Å². The lowest BCUT2D eigenvalue weighted by Crippen LogP contribution is -2.15. The molecule has 0 saturated carbocycles. The van der Waals surface area contributed by atoms with Crippen LogP contribution in [0.4, 0.5) is 0 Å². The van der Waals surface area contributed by atoms with E-state index < -0.39 is 8.25 Å². The van der Waals surface area contributed by atoms with Gasteiger partial charge in [-0.15, -0.1) is 9.42 Å². The van der Waals surface area contributed by atoms with Gasteiger partial charge < -0.3 is 9.84 Å². The fourth-order valence-corrected chi connectivity index (χ4v) is 4.03. The molecule has 3 aromatic rings. The van der Waals surface area contributed by atoms with Gasteiger partial charge in [0.25, 0.3) is 0 Å². The van der Waals surface area contributed by atoms with E-state index in [0.717, 1.165) is 41.3 Å². The molecule has 0 aliphatic carbocycles. The third-order valence-electron chi connectivity index (χ3n) is 4.72. The lowest BCUT2D eigenvalue weighted by molar-refractivity contribution is 0.276. The number of halogens is 1. The van der Waals surface area contributed by atoms with Gasteiger partial charge in [0.05, 0.1) is 0 Å². The van der Waals surface area contributed by atoms with E-state index in [2.05, 4.69) is 60.2 Å². The van der Waals surface area contributed by atoms with Crippen LogP contribution in [0.25, 0.3) is 11.4 Å². The van der Waals surface area contributed by atoms with E-state index in [-0.39, 0.29) is 6.61 Å². The molecule has 0 aliphatic rings. The van der Waals surface area contributed by atoms with Crippen LogP contribution in [0.3, 0.4) is 0 Å². The average molecular weight is 507 g/mol. The highest BCUT2D eigenvalue weighted by atomic mass is 79.9. The van der Waals surface area contributed by atoms with Crippen LogP contribution in [0.5, 0.6) is 0 Å².